The zero-order valence-corrected chi connectivity index (χ0v) is 12.8. The summed E-state index contributed by atoms with van der Waals surface area (Å²) in [7, 11) is 0. The third-order valence-corrected chi connectivity index (χ3v) is 4.88. The van der Waals surface area contributed by atoms with E-state index in [2.05, 4.69) is 20.8 Å². The average Bonchev–Trinajstić information content (AvgIpc) is 2.65. The van der Waals surface area contributed by atoms with Crippen molar-refractivity contribution in [2.24, 2.45) is 0 Å². The number of halogens is 1. The van der Waals surface area contributed by atoms with Crippen LogP contribution in [0.25, 0.3) is 0 Å². The highest BCUT2D eigenvalue weighted by atomic mass is 79.9. The van der Waals surface area contributed by atoms with E-state index >= 15 is 0 Å². The van der Waals surface area contributed by atoms with Crippen LogP contribution < -0.4 is 0 Å². The lowest BCUT2D eigenvalue weighted by molar-refractivity contribution is 0.0965. The molecule has 0 unspecified atom stereocenters. The van der Waals surface area contributed by atoms with Gasteiger partial charge in [0, 0.05) is 35.3 Å². The third-order valence-electron chi connectivity index (χ3n) is 3.14. The molecule has 0 radical (unpaired) electrons. The molecule has 0 atom stereocenters. The molecule has 1 saturated heterocycles. The van der Waals surface area contributed by atoms with Crippen molar-refractivity contribution in [3.8, 4) is 0 Å². The molecule has 0 aromatic heterocycles. The van der Waals surface area contributed by atoms with Crippen molar-refractivity contribution in [1.29, 1.82) is 0 Å². The van der Waals surface area contributed by atoms with E-state index in [0.717, 1.165) is 29.7 Å². The van der Waals surface area contributed by atoms with Crippen molar-refractivity contribution < 1.29 is 4.79 Å². The van der Waals surface area contributed by atoms with Crippen molar-refractivity contribution in [3.63, 3.8) is 0 Å². The summed E-state index contributed by atoms with van der Waals surface area (Å²) >= 11 is 5.46. The maximum Gasteiger partial charge on any atom is 0.165 e. The van der Waals surface area contributed by atoms with Gasteiger partial charge in [0.15, 0.2) is 5.78 Å². The molecule has 2 nitrogen and oxygen atoms in total. The highest BCUT2D eigenvalue weighted by Gasteiger charge is 2.13. The van der Waals surface area contributed by atoms with E-state index in [1.807, 2.05) is 36.0 Å². The van der Waals surface area contributed by atoms with E-state index in [-0.39, 0.29) is 5.78 Å². The smallest absolute Gasteiger partial charge is 0.165 e. The van der Waals surface area contributed by atoms with Crippen LogP contribution in [0.5, 0.6) is 0 Å². The molecule has 1 fully saturated rings. The third kappa shape index (κ3) is 4.11. The predicted octanol–water partition coefficient (Wildman–Crippen LogP) is 3.46. The van der Waals surface area contributed by atoms with E-state index in [0.29, 0.717) is 6.42 Å². The van der Waals surface area contributed by atoms with Gasteiger partial charge in [-0.1, -0.05) is 34.1 Å². The number of thioether (sulfide) groups is 1. The van der Waals surface area contributed by atoms with Gasteiger partial charge in [-0.15, -0.1) is 0 Å². The van der Waals surface area contributed by atoms with Gasteiger partial charge in [-0.05, 0) is 24.8 Å². The molecule has 1 aromatic carbocycles. The zero-order valence-electron chi connectivity index (χ0n) is 10.4. The van der Waals surface area contributed by atoms with E-state index in [1.165, 1.54) is 17.9 Å². The van der Waals surface area contributed by atoms with Crippen LogP contribution in [0.3, 0.4) is 0 Å². The molecular weight excluding hydrogens is 310 g/mol. The molecule has 98 valence electrons. The zero-order chi connectivity index (χ0) is 12.8. The second-order valence-electron chi connectivity index (χ2n) is 4.46. The predicted molar refractivity (Wildman–Crippen MR) is 81.5 cm³/mol. The summed E-state index contributed by atoms with van der Waals surface area (Å²) in [5.41, 5.74) is 0.807. The van der Waals surface area contributed by atoms with E-state index in [1.54, 1.807) is 0 Å². The number of hydrogen-bond donors (Lipinski definition) is 0. The molecular formula is C14H18BrNOS. The minimum Gasteiger partial charge on any atom is -0.302 e. The Morgan fingerprint density at radius 1 is 1.28 bits per heavy atom. The summed E-state index contributed by atoms with van der Waals surface area (Å²) in [5, 5.41) is 0. The molecule has 0 bridgehead atoms. The van der Waals surface area contributed by atoms with Gasteiger partial charge in [0.1, 0.15) is 0 Å². The quantitative estimate of drug-likeness (QED) is 0.790. The van der Waals surface area contributed by atoms with Crippen molar-refractivity contribution in [1.82, 2.24) is 4.90 Å². The first kappa shape index (κ1) is 14.1. The van der Waals surface area contributed by atoms with Crippen LogP contribution >= 0.6 is 27.7 Å². The molecule has 0 N–H and O–H groups in total. The number of Topliss-reactive ketones (excluding diaryl/α,β-unsaturated/α-hetero) is 1. The van der Waals surface area contributed by atoms with Gasteiger partial charge in [-0.25, -0.2) is 0 Å². The van der Waals surface area contributed by atoms with Gasteiger partial charge in [0.25, 0.3) is 0 Å². The van der Waals surface area contributed by atoms with Gasteiger partial charge in [-0.3, -0.25) is 4.79 Å². The Kier molecular flexibility index (Phi) is 5.73. The topological polar surface area (TPSA) is 20.3 Å². The van der Waals surface area contributed by atoms with Crippen LogP contribution in [0.15, 0.2) is 28.7 Å². The monoisotopic (exact) mass is 327 g/mol. The fourth-order valence-electron chi connectivity index (χ4n) is 2.10. The summed E-state index contributed by atoms with van der Waals surface area (Å²) in [6.07, 6.45) is 1.86. The van der Waals surface area contributed by atoms with E-state index < -0.39 is 0 Å². The summed E-state index contributed by atoms with van der Waals surface area (Å²) in [5.74, 6) is 2.69. The van der Waals surface area contributed by atoms with E-state index in [9.17, 15) is 4.79 Å². The Morgan fingerprint density at radius 3 is 2.94 bits per heavy atom. The Bertz CT molecular complexity index is 403. The van der Waals surface area contributed by atoms with Crippen molar-refractivity contribution in [2.45, 2.75) is 12.8 Å². The first-order valence-corrected chi connectivity index (χ1v) is 8.30. The number of rotatable bonds is 4. The summed E-state index contributed by atoms with van der Waals surface area (Å²) in [4.78, 5) is 14.5. The second-order valence-corrected chi connectivity index (χ2v) is 6.54. The highest BCUT2D eigenvalue weighted by Crippen LogP contribution is 2.18. The number of carbonyl (C=O) groups is 1. The molecule has 0 aliphatic carbocycles. The van der Waals surface area contributed by atoms with Crippen molar-refractivity contribution >= 4 is 33.5 Å². The number of hydrogen-bond acceptors (Lipinski definition) is 3. The molecule has 1 aliphatic rings. The largest absolute Gasteiger partial charge is 0.302 e. The Labute approximate surface area is 121 Å². The number of carbonyl (C=O) groups excluding carboxylic acids is 1. The highest BCUT2D eigenvalue weighted by molar-refractivity contribution is 9.10. The van der Waals surface area contributed by atoms with Crippen LogP contribution in [0.2, 0.25) is 0 Å². The summed E-state index contributed by atoms with van der Waals surface area (Å²) in [6.45, 7) is 3.14. The molecule has 18 heavy (non-hydrogen) atoms. The van der Waals surface area contributed by atoms with Gasteiger partial charge >= 0.3 is 0 Å². The lowest BCUT2D eigenvalue weighted by atomic mass is 10.1. The number of benzene rings is 1. The maximum absolute atomic E-state index is 12.1. The SMILES string of the molecule is O=C(CCN1CCCSCC1)c1ccccc1Br. The van der Waals surface area contributed by atoms with Crippen LogP contribution in [0.1, 0.15) is 23.2 Å². The van der Waals surface area contributed by atoms with Crippen LogP contribution in [-0.2, 0) is 0 Å². The fraction of sp³-hybridized carbons (Fsp3) is 0.500. The van der Waals surface area contributed by atoms with Gasteiger partial charge in [-0.2, -0.15) is 11.8 Å². The average molecular weight is 328 g/mol. The molecule has 1 aliphatic heterocycles. The first-order valence-electron chi connectivity index (χ1n) is 6.35. The molecule has 0 spiro atoms. The molecule has 2 rings (SSSR count). The summed E-state index contributed by atoms with van der Waals surface area (Å²) < 4.78 is 0.904. The normalized spacial score (nSPS) is 17.4. The van der Waals surface area contributed by atoms with Crippen LogP contribution in [0, 0.1) is 0 Å². The standard InChI is InChI=1S/C14H18BrNOS/c15-13-5-2-1-4-12(13)14(17)6-8-16-7-3-10-18-11-9-16/h1-2,4-5H,3,6-11H2. The molecule has 1 heterocycles. The molecule has 0 amide bonds. The number of nitrogens with zero attached hydrogens (tertiary/aromatic N) is 1. The maximum atomic E-state index is 12.1. The second kappa shape index (κ2) is 7.31. The Balaban J connectivity index is 1.86. The minimum absolute atomic E-state index is 0.236. The van der Waals surface area contributed by atoms with Crippen LogP contribution in [-0.4, -0.2) is 41.8 Å². The first-order chi connectivity index (χ1) is 8.77. The van der Waals surface area contributed by atoms with E-state index in [4.69, 9.17) is 0 Å². The summed E-state index contributed by atoms with van der Waals surface area (Å²) in [6, 6.07) is 7.67. The lowest BCUT2D eigenvalue weighted by Crippen LogP contribution is -2.28. The molecule has 1 aromatic rings. The number of ketones is 1. The molecule has 4 heteroatoms. The fourth-order valence-corrected chi connectivity index (χ4v) is 3.53. The van der Waals surface area contributed by atoms with Gasteiger partial charge in [0.2, 0.25) is 0 Å². The Morgan fingerprint density at radius 2 is 2.11 bits per heavy atom. The van der Waals surface area contributed by atoms with Gasteiger partial charge < -0.3 is 4.90 Å². The lowest BCUT2D eigenvalue weighted by Gasteiger charge is -2.18. The molecule has 0 saturated carbocycles. The van der Waals surface area contributed by atoms with Crippen molar-refractivity contribution in [2.75, 3.05) is 31.1 Å². The van der Waals surface area contributed by atoms with Gasteiger partial charge in [0.05, 0.1) is 0 Å². The van der Waals surface area contributed by atoms with Crippen molar-refractivity contribution in [3.05, 3.63) is 34.3 Å². The Hall–Kier alpha value is -0.320. The van der Waals surface area contributed by atoms with Crippen LogP contribution in [0.4, 0.5) is 0 Å². The minimum atomic E-state index is 0.236.